The number of hydrogen-bond acceptors (Lipinski definition) is 3. The van der Waals surface area contributed by atoms with E-state index in [1.54, 1.807) is 12.1 Å². The van der Waals surface area contributed by atoms with Gasteiger partial charge in [0, 0.05) is 18.7 Å². The maximum atomic E-state index is 12.5. The molecule has 2 aliphatic carbocycles. The zero-order chi connectivity index (χ0) is 16.8. The van der Waals surface area contributed by atoms with Gasteiger partial charge in [-0.05, 0) is 37.3 Å². The fourth-order valence-electron chi connectivity index (χ4n) is 4.27. The highest BCUT2D eigenvalue weighted by Gasteiger charge is 2.58. The highest BCUT2D eigenvalue weighted by molar-refractivity contribution is 6.06. The zero-order valence-electron chi connectivity index (χ0n) is 13.6. The fourth-order valence-corrected chi connectivity index (χ4v) is 4.27. The first kappa shape index (κ1) is 15.1. The number of likely N-dealkylation sites (tertiary alicyclic amines) is 1. The molecule has 0 aromatic heterocycles. The van der Waals surface area contributed by atoms with Gasteiger partial charge in [-0.15, -0.1) is 0 Å². The second-order valence-electron chi connectivity index (χ2n) is 6.95. The molecule has 0 radical (unpaired) electrons. The largest absolute Gasteiger partial charge is 0.350 e. The fraction of sp³-hybridized carbons (Fsp3) is 0.421. The smallest absolute Gasteiger partial charge is 0.251 e. The molecule has 3 aliphatic rings. The maximum absolute atomic E-state index is 12.5. The van der Waals surface area contributed by atoms with E-state index < -0.39 is 0 Å². The van der Waals surface area contributed by atoms with E-state index in [9.17, 15) is 14.4 Å². The van der Waals surface area contributed by atoms with E-state index in [0.717, 1.165) is 12.0 Å². The zero-order valence-corrected chi connectivity index (χ0v) is 13.6. The van der Waals surface area contributed by atoms with Crippen LogP contribution in [0.5, 0.6) is 0 Å². The first-order valence-corrected chi connectivity index (χ1v) is 8.44. The molecule has 24 heavy (non-hydrogen) atoms. The highest BCUT2D eigenvalue weighted by atomic mass is 16.2. The van der Waals surface area contributed by atoms with E-state index in [1.165, 1.54) is 4.90 Å². The summed E-state index contributed by atoms with van der Waals surface area (Å²) in [7, 11) is 0. The minimum atomic E-state index is -0.184. The van der Waals surface area contributed by atoms with Crippen LogP contribution in [0.2, 0.25) is 0 Å². The number of carbonyl (C=O) groups is 3. The molecule has 1 aromatic carbocycles. The van der Waals surface area contributed by atoms with E-state index in [2.05, 4.69) is 17.5 Å². The molecule has 1 saturated carbocycles. The van der Waals surface area contributed by atoms with Gasteiger partial charge in [-0.3, -0.25) is 19.3 Å². The van der Waals surface area contributed by atoms with Crippen molar-refractivity contribution in [3.8, 4) is 0 Å². The van der Waals surface area contributed by atoms with Gasteiger partial charge < -0.3 is 5.32 Å². The van der Waals surface area contributed by atoms with Crippen molar-refractivity contribution in [3.63, 3.8) is 0 Å². The Labute approximate surface area is 140 Å². The molecule has 2 bridgehead atoms. The van der Waals surface area contributed by atoms with Crippen LogP contribution in [0.4, 0.5) is 0 Å². The quantitative estimate of drug-likeness (QED) is 0.675. The van der Waals surface area contributed by atoms with Crippen molar-refractivity contribution in [1.29, 1.82) is 0 Å². The molecule has 4 unspecified atom stereocenters. The summed E-state index contributed by atoms with van der Waals surface area (Å²) in [5.74, 6) is -0.193. The van der Waals surface area contributed by atoms with Crippen LogP contribution in [0.1, 0.15) is 22.3 Å². The molecule has 4 rings (SSSR count). The number of amides is 3. The summed E-state index contributed by atoms with van der Waals surface area (Å²) in [5, 5.41) is 2.79. The Kier molecular flexibility index (Phi) is 3.52. The third-order valence-corrected chi connectivity index (χ3v) is 5.50. The van der Waals surface area contributed by atoms with Crippen molar-refractivity contribution in [2.45, 2.75) is 13.3 Å². The minimum absolute atomic E-state index is 0.0635. The van der Waals surface area contributed by atoms with Gasteiger partial charge in [0.15, 0.2) is 0 Å². The van der Waals surface area contributed by atoms with Crippen molar-refractivity contribution in [3.05, 3.63) is 47.5 Å². The van der Waals surface area contributed by atoms with E-state index >= 15 is 0 Å². The molecular weight excluding hydrogens is 304 g/mol. The Hall–Kier alpha value is -2.43. The molecule has 3 amide bonds. The van der Waals surface area contributed by atoms with E-state index in [0.29, 0.717) is 5.56 Å². The summed E-state index contributed by atoms with van der Waals surface area (Å²) in [6, 6.07) is 7.30. The number of fused-ring (bicyclic) bond motifs is 5. The monoisotopic (exact) mass is 324 g/mol. The third kappa shape index (κ3) is 2.27. The van der Waals surface area contributed by atoms with Gasteiger partial charge in [0.1, 0.15) is 0 Å². The lowest BCUT2D eigenvalue weighted by molar-refractivity contribution is -0.140. The first-order valence-electron chi connectivity index (χ1n) is 8.44. The van der Waals surface area contributed by atoms with E-state index in [4.69, 9.17) is 0 Å². The van der Waals surface area contributed by atoms with Crippen molar-refractivity contribution in [2.24, 2.45) is 23.7 Å². The maximum Gasteiger partial charge on any atom is 0.251 e. The van der Waals surface area contributed by atoms with Crippen LogP contribution in [-0.4, -0.2) is 35.7 Å². The number of nitrogens with zero attached hydrogens (tertiary/aromatic N) is 1. The molecule has 4 atom stereocenters. The molecule has 1 saturated heterocycles. The van der Waals surface area contributed by atoms with Gasteiger partial charge in [0.2, 0.25) is 11.8 Å². The lowest BCUT2D eigenvalue weighted by atomic mass is 9.85. The number of aryl methyl sites for hydroxylation is 1. The molecule has 5 nitrogen and oxygen atoms in total. The Bertz CT molecular complexity index is 707. The summed E-state index contributed by atoms with van der Waals surface area (Å²) >= 11 is 0. The molecule has 124 valence electrons. The van der Waals surface area contributed by atoms with Gasteiger partial charge >= 0.3 is 0 Å². The molecule has 1 heterocycles. The average molecular weight is 324 g/mol. The van der Waals surface area contributed by atoms with Gasteiger partial charge in [0.25, 0.3) is 5.91 Å². The Balaban J connectivity index is 1.35. The van der Waals surface area contributed by atoms with Crippen LogP contribution in [0.15, 0.2) is 36.4 Å². The second kappa shape index (κ2) is 5.58. The van der Waals surface area contributed by atoms with Crippen LogP contribution in [0.25, 0.3) is 0 Å². The van der Waals surface area contributed by atoms with Gasteiger partial charge in [-0.25, -0.2) is 0 Å². The standard InChI is InChI=1S/C19H20N2O3/c1-11-2-4-12(5-3-11)17(22)20-8-9-21-18(23)15-13-6-7-14(10-13)16(15)19(21)24/h2-7,13-16H,8-10H2,1H3,(H,20,22). The molecule has 0 spiro atoms. The molecule has 1 aliphatic heterocycles. The topological polar surface area (TPSA) is 66.5 Å². The summed E-state index contributed by atoms with van der Waals surface area (Å²) in [5.41, 5.74) is 1.67. The SMILES string of the molecule is Cc1ccc(C(=O)NCCN2C(=O)C3C4C=CC(C4)C3C2=O)cc1. The van der Waals surface area contributed by atoms with Crippen LogP contribution < -0.4 is 5.32 Å². The van der Waals surface area contributed by atoms with Gasteiger partial charge in [-0.1, -0.05) is 29.8 Å². The number of hydrogen-bond donors (Lipinski definition) is 1. The Morgan fingerprint density at radius 1 is 1.08 bits per heavy atom. The Morgan fingerprint density at radius 2 is 1.67 bits per heavy atom. The number of allylic oxidation sites excluding steroid dienone is 2. The Morgan fingerprint density at radius 3 is 2.25 bits per heavy atom. The summed E-state index contributed by atoms with van der Waals surface area (Å²) in [6.45, 7) is 2.50. The number of benzene rings is 1. The number of rotatable bonds is 4. The van der Waals surface area contributed by atoms with Crippen molar-refractivity contribution in [1.82, 2.24) is 10.2 Å². The molecule has 2 fully saturated rings. The van der Waals surface area contributed by atoms with Gasteiger partial charge in [-0.2, -0.15) is 0 Å². The predicted molar refractivity (Wildman–Crippen MR) is 87.9 cm³/mol. The highest BCUT2D eigenvalue weighted by Crippen LogP contribution is 2.52. The normalized spacial score (nSPS) is 30.1. The minimum Gasteiger partial charge on any atom is -0.350 e. The molecular formula is C19H20N2O3. The molecule has 5 heteroatoms. The van der Waals surface area contributed by atoms with Gasteiger partial charge in [0.05, 0.1) is 11.8 Å². The first-order chi connectivity index (χ1) is 11.6. The van der Waals surface area contributed by atoms with Crippen molar-refractivity contribution >= 4 is 17.7 Å². The number of nitrogens with one attached hydrogen (secondary N) is 1. The lowest BCUT2D eigenvalue weighted by Gasteiger charge is -2.17. The van der Waals surface area contributed by atoms with Crippen LogP contribution in [0.3, 0.4) is 0 Å². The molecule has 1 N–H and O–H groups in total. The summed E-state index contributed by atoms with van der Waals surface area (Å²) in [4.78, 5) is 38.5. The summed E-state index contributed by atoms with van der Waals surface area (Å²) < 4.78 is 0. The summed E-state index contributed by atoms with van der Waals surface area (Å²) in [6.07, 6.45) is 5.10. The van der Waals surface area contributed by atoms with Crippen LogP contribution in [0, 0.1) is 30.6 Å². The van der Waals surface area contributed by atoms with Crippen molar-refractivity contribution in [2.75, 3.05) is 13.1 Å². The third-order valence-electron chi connectivity index (χ3n) is 5.50. The van der Waals surface area contributed by atoms with Crippen molar-refractivity contribution < 1.29 is 14.4 Å². The number of carbonyl (C=O) groups excluding carboxylic acids is 3. The number of imide groups is 1. The van der Waals surface area contributed by atoms with Crippen LogP contribution >= 0.6 is 0 Å². The molecule has 1 aromatic rings. The second-order valence-corrected chi connectivity index (χ2v) is 6.95. The van der Waals surface area contributed by atoms with Crippen LogP contribution in [-0.2, 0) is 9.59 Å². The average Bonchev–Trinajstić information content (AvgIpc) is 3.24. The van der Waals surface area contributed by atoms with E-state index in [-0.39, 0.29) is 54.5 Å². The predicted octanol–water partition coefficient (Wildman–Crippen LogP) is 1.53. The van der Waals surface area contributed by atoms with E-state index in [1.807, 2.05) is 19.1 Å². The lowest BCUT2D eigenvalue weighted by Crippen LogP contribution is -2.39.